The number of nitrogens with zero attached hydrogens (tertiary/aromatic N) is 3. The predicted molar refractivity (Wildman–Crippen MR) is 99.8 cm³/mol. The fourth-order valence-corrected chi connectivity index (χ4v) is 2.87. The molecule has 136 valence electrons. The van der Waals surface area contributed by atoms with Gasteiger partial charge in [-0.3, -0.25) is 0 Å². The number of aryl methyl sites for hydroxylation is 1. The van der Waals surface area contributed by atoms with Crippen LogP contribution in [0.2, 0.25) is 5.02 Å². The van der Waals surface area contributed by atoms with Crippen molar-refractivity contribution in [3.63, 3.8) is 0 Å². The van der Waals surface area contributed by atoms with E-state index < -0.39 is 5.82 Å². The SMILES string of the molecule is Cc1cc(COc2ccc(Nc3ncnc4cccc(F)c34)cc2Cl)no1. The number of halogens is 2. The zero-order chi connectivity index (χ0) is 18.8. The molecule has 1 N–H and O–H groups in total. The van der Waals surface area contributed by atoms with Gasteiger partial charge in [-0.2, -0.15) is 0 Å². The van der Waals surface area contributed by atoms with Crippen LogP contribution in [0.1, 0.15) is 11.5 Å². The Morgan fingerprint density at radius 2 is 2.07 bits per heavy atom. The summed E-state index contributed by atoms with van der Waals surface area (Å²) in [6.07, 6.45) is 1.38. The van der Waals surface area contributed by atoms with Gasteiger partial charge in [-0.1, -0.05) is 22.8 Å². The fourth-order valence-electron chi connectivity index (χ4n) is 2.63. The third-order valence-electron chi connectivity index (χ3n) is 3.86. The maximum absolute atomic E-state index is 14.2. The van der Waals surface area contributed by atoms with Crippen molar-refractivity contribution in [1.82, 2.24) is 15.1 Å². The van der Waals surface area contributed by atoms with Gasteiger partial charge in [0, 0.05) is 11.8 Å². The number of nitrogens with one attached hydrogen (secondary N) is 1. The van der Waals surface area contributed by atoms with Crippen LogP contribution in [0.5, 0.6) is 5.75 Å². The van der Waals surface area contributed by atoms with Crippen LogP contribution in [0.15, 0.2) is 53.3 Å². The summed E-state index contributed by atoms with van der Waals surface area (Å²) in [6, 6.07) is 11.7. The van der Waals surface area contributed by atoms with Crippen LogP contribution in [-0.2, 0) is 6.61 Å². The minimum absolute atomic E-state index is 0.242. The molecule has 0 fully saturated rings. The highest BCUT2D eigenvalue weighted by Gasteiger charge is 2.11. The van der Waals surface area contributed by atoms with E-state index in [1.807, 2.05) is 6.92 Å². The van der Waals surface area contributed by atoms with E-state index in [9.17, 15) is 4.39 Å². The first kappa shape index (κ1) is 17.2. The predicted octanol–water partition coefficient (Wildman–Crippen LogP) is 5.04. The van der Waals surface area contributed by atoms with Crippen LogP contribution < -0.4 is 10.1 Å². The third kappa shape index (κ3) is 3.68. The number of rotatable bonds is 5. The Balaban J connectivity index is 1.55. The number of aromatic nitrogens is 3. The van der Waals surface area contributed by atoms with Crippen molar-refractivity contribution in [3.8, 4) is 5.75 Å². The number of benzene rings is 2. The maximum Gasteiger partial charge on any atom is 0.144 e. The van der Waals surface area contributed by atoms with Gasteiger partial charge in [0.25, 0.3) is 0 Å². The summed E-state index contributed by atoms with van der Waals surface area (Å²) in [7, 11) is 0. The molecule has 0 amide bonds. The summed E-state index contributed by atoms with van der Waals surface area (Å²) in [5, 5.41) is 7.66. The van der Waals surface area contributed by atoms with Crippen molar-refractivity contribution in [1.29, 1.82) is 0 Å². The lowest BCUT2D eigenvalue weighted by atomic mass is 10.2. The highest BCUT2D eigenvalue weighted by atomic mass is 35.5. The van der Waals surface area contributed by atoms with Crippen LogP contribution in [0.4, 0.5) is 15.9 Å². The molecule has 0 spiro atoms. The topological polar surface area (TPSA) is 73.1 Å². The zero-order valence-electron chi connectivity index (χ0n) is 14.2. The molecule has 6 nitrogen and oxygen atoms in total. The summed E-state index contributed by atoms with van der Waals surface area (Å²) in [6.45, 7) is 2.05. The standard InChI is InChI=1S/C19H14ClFN4O2/c1-11-7-13(25-27-11)9-26-17-6-5-12(8-14(17)20)24-19-18-15(21)3-2-4-16(18)22-10-23-19/h2-8,10H,9H2,1H3,(H,22,23,24). The van der Waals surface area contributed by atoms with Crippen LogP contribution in [0.25, 0.3) is 10.9 Å². The normalized spacial score (nSPS) is 10.9. The molecule has 0 aliphatic carbocycles. The summed E-state index contributed by atoms with van der Waals surface area (Å²) in [5.74, 6) is 1.18. The molecule has 27 heavy (non-hydrogen) atoms. The van der Waals surface area contributed by atoms with E-state index in [0.717, 1.165) is 0 Å². The Kier molecular flexibility index (Phi) is 4.60. The first-order valence-electron chi connectivity index (χ1n) is 8.11. The van der Waals surface area contributed by atoms with Crippen LogP contribution in [0.3, 0.4) is 0 Å². The molecule has 0 aliphatic heterocycles. The molecule has 0 aliphatic rings. The lowest BCUT2D eigenvalue weighted by molar-refractivity contribution is 0.288. The van der Waals surface area contributed by atoms with Crippen molar-refractivity contribution >= 4 is 34.0 Å². The molecule has 2 aromatic carbocycles. The monoisotopic (exact) mass is 384 g/mol. The summed E-state index contributed by atoms with van der Waals surface area (Å²) in [5.41, 5.74) is 1.84. The molecule has 8 heteroatoms. The van der Waals surface area contributed by atoms with Gasteiger partial charge in [-0.25, -0.2) is 14.4 Å². The highest BCUT2D eigenvalue weighted by Crippen LogP contribution is 2.31. The quantitative estimate of drug-likeness (QED) is 0.519. The van der Waals surface area contributed by atoms with Gasteiger partial charge >= 0.3 is 0 Å². The Labute approximate surface area is 158 Å². The number of fused-ring (bicyclic) bond motifs is 1. The lowest BCUT2D eigenvalue weighted by Crippen LogP contribution is -1.99. The van der Waals surface area contributed by atoms with E-state index in [2.05, 4.69) is 20.4 Å². The Hall–Kier alpha value is -3.19. The van der Waals surface area contributed by atoms with Crippen LogP contribution in [-0.4, -0.2) is 15.1 Å². The van der Waals surface area contributed by atoms with Gasteiger partial charge in [0.1, 0.15) is 41.8 Å². The molecular weight excluding hydrogens is 371 g/mol. The van der Waals surface area contributed by atoms with Crippen molar-refractivity contribution in [2.24, 2.45) is 0 Å². The van der Waals surface area contributed by atoms with E-state index in [1.165, 1.54) is 12.4 Å². The Bertz CT molecular complexity index is 1110. The molecule has 2 aromatic heterocycles. The van der Waals surface area contributed by atoms with E-state index >= 15 is 0 Å². The van der Waals surface area contributed by atoms with Crippen LogP contribution >= 0.6 is 11.6 Å². The molecule has 0 atom stereocenters. The zero-order valence-corrected chi connectivity index (χ0v) is 15.0. The largest absolute Gasteiger partial charge is 0.486 e. The second kappa shape index (κ2) is 7.20. The first-order chi connectivity index (χ1) is 13.1. The maximum atomic E-state index is 14.2. The summed E-state index contributed by atoms with van der Waals surface area (Å²) in [4.78, 5) is 8.22. The van der Waals surface area contributed by atoms with Gasteiger partial charge in [0.05, 0.1) is 15.9 Å². The van der Waals surface area contributed by atoms with Gasteiger partial charge in [0.2, 0.25) is 0 Å². The second-order valence-electron chi connectivity index (χ2n) is 5.84. The van der Waals surface area contributed by atoms with Gasteiger partial charge in [-0.05, 0) is 37.3 Å². The van der Waals surface area contributed by atoms with Crippen molar-refractivity contribution in [3.05, 3.63) is 71.1 Å². The molecule has 0 radical (unpaired) electrons. The molecule has 0 saturated heterocycles. The fraction of sp³-hybridized carbons (Fsp3) is 0.105. The molecule has 4 rings (SSSR count). The number of hydrogen-bond acceptors (Lipinski definition) is 6. The summed E-state index contributed by atoms with van der Waals surface area (Å²) >= 11 is 6.30. The molecule has 0 bridgehead atoms. The molecule has 2 heterocycles. The second-order valence-corrected chi connectivity index (χ2v) is 6.25. The lowest BCUT2D eigenvalue weighted by Gasteiger charge is -2.11. The van der Waals surface area contributed by atoms with Gasteiger partial charge < -0.3 is 14.6 Å². The highest BCUT2D eigenvalue weighted by molar-refractivity contribution is 6.32. The van der Waals surface area contributed by atoms with Crippen molar-refractivity contribution in [2.75, 3.05) is 5.32 Å². The van der Waals surface area contributed by atoms with Gasteiger partial charge in [0.15, 0.2) is 0 Å². The van der Waals surface area contributed by atoms with E-state index in [0.29, 0.717) is 44.6 Å². The number of anilines is 2. The van der Waals surface area contributed by atoms with E-state index in [4.69, 9.17) is 20.9 Å². The molecular formula is C19H14ClFN4O2. The van der Waals surface area contributed by atoms with Crippen molar-refractivity contribution < 1.29 is 13.7 Å². The third-order valence-corrected chi connectivity index (χ3v) is 4.15. The Morgan fingerprint density at radius 3 is 2.85 bits per heavy atom. The van der Waals surface area contributed by atoms with Crippen molar-refractivity contribution in [2.45, 2.75) is 13.5 Å². The first-order valence-corrected chi connectivity index (χ1v) is 8.49. The smallest absolute Gasteiger partial charge is 0.144 e. The minimum atomic E-state index is -0.399. The number of ether oxygens (including phenoxy) is 1. The van der Waals surface area contributed by atoms with Crippen LogP contribution in [0, 0.1) is 12.7 Å². The summed E-state index contributed by atoms with van der Waals surface area (Å²) < 4.78 is 24.8. The average Bonchev–Trinajstić information content (AvgIpc) is 3.07. The Morgan fingerprint density at radius 1 is 1.19 bits per heavy atom. The molecule has 0 unspecified atom stereocenters. The van der Waals surface area contributed by atoms with E-state index in [1.54, 1.807) is 36.4 Å². The van der Waals surface area contributed by atoms with E-state index in [-0.39, 0.29) is 6.61 Å². The molecule has 4 aromatic rings. The minimum Gasteiger partial charge on any atom is -0.486 e. The molecule has 0 saturated carbocycles. The number of hydrogen-bond donors (Lipinski definition) is 1. The average molecular weight is 385 g/mol. The van der Waals surface area contributed by atoms with Gasteiger partial charge in [-0.15, -0.1) is 0 Å².